The van der Waals surface area contributed by atoms with E-state index in [1.165, 1.54) is 48.4 Å². The summed E-state index contributed by atoms with van der Waals surface area (Å²) in [7, 11) is 0. The van der Waals surface area contributed by atoms with Crippen molar-refractivity contribution in [3.8, 4) is 5.75 Å². The van der Waals surface area contributed by atoms with E-state index in [2.05, 4.69) is 19.9 Å². The number of carbonyl (C=O) groups is 1. The van der Waals surface area contributed by atoms with Crippen molar-refractivity contribution in [2.75, 3.05) is 12.4 Å². The summed E-state index contributed by atoms with van der Waals surface area (Å²) in [6.45, 7) is 0.460. The minimum atomic E-state index is -4.48. The number of fused-ring (bicyclic) bond motifs is 1. The van der Waals surface area contributed by atoms with Crippen molar-refractivity contribution >= 4 is 40.9 Å². The van der Waals surface area contributed by atoms with Crippen LogP contribution in [0.4, 0.5) is 13.2 Å². The third kappa shape index (κ3) is 6.57. The number of H-pyrrole nitrogens is 1. The first-order valence-electron chi connectivity index (χ1n) is 10.5. The Morgan fingerprint density at radius 2 is 1.77 bits per heavy atom. The molecular weight excluding hydrogens is 477 g/mol. The van der Waals surface area contributed by atoms with Crippen LogP contribution in [0.2, 0.25) is 0 Å². The van der Waals surface area contributed by atoms with Crippen LogP contribution in [0.15, 0.2) is 78.4 Å². The first-order valence-corrected chi connectivity index (χ1v) is 11.4. The van der Waals surface area contributed by atoms with Crippen LogP contribution in [0.5, 0.6) is 5.75 Å². The molecule has 0 bridgehead atoms. The van der Waals surface area contributed by atoms with Gasteiger partial charge in [0.25, 0.3) is 0 Å². The van der Waals surface area contributed by atoms with Gasteiger partial charge >= 0.3 is 6.18 Å². The molecule has 178 valence electrons. The first-order chi connectivity index (χ1) is 16.9. The summed E-state index contributed by atoms with van der Waals surface area (Å²) in [6, 6.07) is 12.2. The normalized spacial score (nSPS) is 12.1. The van der Waals surface area contributed by atoms with Crippen molar-refractivity contribution in [1.29, 1.82) is 0 Å². The molecule has 0 aliphatic carbocycles. The number of ketones is 1. The standard InChI is InChI=1S/C25H19F3N4O2S/c26-25(27,28)21-4-2-1-3-18(21)8-10-19(33)9-5-17-6-11-20(12-7-17)34-13-14-35-24-22-23(30-15-29-22)31-16-32-24/h1-12,15-16H,13-14H2,(H,29,30,31,32)/b9-5+,10-8+. The zero-order valence-corrected chi connectivity index (χ0v) is 19.0. The molecule has 35 heavy (non-hydrogen) atoms. The number of hydrogen-bond donors (Lipinski definition) is 1. The highest BCUT2D eigenvalue weighted by atomic mass is 32.2. The monoisotopic (exact) mass is 496 g/mol. The summed E-state index contributed by atoms with van der Waals surface area (Å²) in [5, 5.41) is 0.803. The Morgan fingerprint density at radius 3 is 2.57 bits per heavy atom. The van der Waals surface area contributed by atoms with E-state index in [9.17, 15) is 18.0 Å². The topological polar surface area (TPSA) is 80.8 Å². The average molecular weight is 497 g/mol. The smallest absolute Gasteiger partial charge is 0.416 e. The van der Waals surface area contributed by atoms with Crippen molar-refractivity contribution in [3.05, 3.63) is 90.0 Å². The largest absolute Gasteiger partial charge is 0.493 e. The van der Waals surface area contributed by atoms with Gasteiger partial charge in [-0.25, -0.2) is 15.0 Å². The number of nitrogens with zero attached hydrogens (tertiary/aromatic N) is 3. The fourth-order valence-corrected chi connectivity index (χ4v) is 3.91. The van der Waals surface area contributed by atoms with Crippen LogP contribution in [-0.2, 0) is 11.0 Å². The lowest BCUT2D eigenvalue weighted by Gasteiger charge is -2.09. The summed E-state index contributed by atoms with van der Waals surface area (Å²) in [5.74, 6) is 0.924. The average Bonchev–Trinajstić information content (AvgIpc) is 3.34. The van der Waals surface area contributed by atoms with Gasteiger partial charge in [-0.2, -0.15) is 13.2 Å². The SMILES string of the molecule is O=C(/C=C/c1ccc(OCCSc2ncnc3nc[nH]c23)cc1)/C=C/c1ccccc1C(F)(F)F. The number of nitrogens with one attached hydrogen (secondary N) is 1. The first kappa shape index (κ1) is 24.2. The Bertz CT molecular complexity index is 1370. The van der Waals surface area contributed by atoms with Gasteiger partial charge in [0.1, 0.15) is 22.6 Å². The molecule has 0 radical (unpaired) electrons. The molecule has 2 aromatic carbocycles. The van der Waals surface area contributed by atoms with Crippen LogP contribution in [0.3, 0.4) is 0 Å². The summed E-state index contributed by atoms with van der Waals surface area (Å²) < 4.78 is 44.9. The van der Waals surface area contributed by atoms with Crippen LogP contribution < -0.4 is 4.74 Å². The Hall–Kier alpha value is -3.92. The van der Waals surface area contributed by atoms with Gasteiger partial charge in [0, 0.05) is 5.75 Å². The zero-order chi connectivity index (χ0) is 24.7. The lowest BCUT2D eigenvalue weighted by Crippen LogP contribution is -2.06. The molecule has 0 amide bonds. The van der Waals surface area contributed by atoms with Gasteiger partial charge in [0.2, 0.25) is 0 Å². The van der Waals surface area contributed by atoms with Gasteiger partial charge in [0.05, 0.1) is 18.5 Å². The molecule has 2 aromatic heterocycles. The summed E-state index contributed by atoms with van der Waals surface area (Å²) in [6.07, 6.45) is 3.75. The maximum absolute atomic E-state index is 13.0. The Labute approximate surface area is 203 Å². The van der Waals surface area contributed by atoms with Crippen molar-refractivity contribution in [3.63, 3.8) is 0 Å². The molecule has 0 aliphatic rings. The second kappa shape index (κ2) is 11.0. The Kier molecular flexibility index (Phi) is 7.61. The summed E-state index contributed by atoms with van der Waals surface area (Å²) in [5.41, 5.74) is 1.32. The molecule has 0 saturated heterocycles. The van der Waals surface area contributed by atoms with Crippen molar-refractivity contribution in [2.24, 2.45) is 0 Å². The Morgan fingerprint density at radius 1 is 1.00 bits per heavy atom. The van der Waals surface area contributed by atoms with E-state index in [0.29, 0.717) is 23.8 Å². The third-order valence-corrected chi connectivity index (χ3v) is 5.75. The number of alkyl halides is 3. The molecule has 0 aliphatic heterocycles. The Balaban J connectivity index is 1.26. The van der Waals surface area contributed by atoms with E-state index < -0.39 is 17.5 Å². The lowest BCUT2D eigenvalue weighted by atomic mass is 10.1. The molecule has 1 N–H and O–H groups in total. The second-order valence-electron chi connectivity index (χ2n) is 7.20. The minimum absolute atomic E-state index is 0.0601. The number of benzene rings is 2. The van der Waals surface area contributed by atoms with E-state index in [1.807, 2.05) is 0 Å². The lowest BCUT2D eigenvalue weighted by molar-refractivity contribution is -0.137. The predicted molar refractivity (Wildman–Crippen MR) is 129 cm³/mol. The number of allylic oxidation sites excluding steroid dienone is 2. The number of thioether (sulfide) groups is 1. The molecule has 4 rings (SSSR count). The van der Waals surface area contributed by atoms with Crippen LogP contribution in [-0.4, -0.2) is 38.1 Å². The van der Waals surface area contributed by atoms with Gasteiger partial charge in [-0.05, 0) is 41.5 Å². The van der Waals surface area contributed by atoms with Crippen LogP contribution in [0.25, 0.3) is 23.3 Å². The van der Waals surface area contributed by atoms with Gasteiger partial charge in [-0.15, -0.1) is 11.8 Å². The molecule has 0 fully saturated rings. The molecule has 0 unspecified atom stereocenters. The summed E-state index contributed by atoms with van der Waals surface area (Å²) in [4.78, 5) is 27.5. The minimum Gasteiger partial charge on any atom is -0.493 e. The van der Waals surface area contributed by atoms with E-state index >= 15 is 0 Å². The molecule has 0 atom stereocenters. The molecule has 4 aromatic rings. The van der Waals surface area contributed by atoms with Gasteiger partial charge in [-0.3, -0.25) is 4.79 Å². The van der Waals surface area contributed by atoms with E-state index in [1.54, 1.807) is 36.7 Å². The van der Waals surface area contributed by atoms with E-state index in [0.717, 1.165) is 28.2 Å². The fraction of sp³-hybridized carbons (Fsp3) is 0.120. The number of rotatable bonds is 9. The van der Waals surface area contributed by atoms with Gasteiger partial charge in [-0.1, -0.05) is 42.5 Å². The van der Waals surface area contributed by atoms with Crippen molar-refractivity contribution in [1.82, 2.24) is 19.9 Å². The highest BCUT2D eigenvalue weighted by molar-refractivity contribution is 7.99. The number of carbonyl (C=O) groups excluding carboxylic acids is 1. The zero-order valence-electron chi connectivity index (χ0n) is 18.2. The van der Waals surface area contributed by atoms with Crippen LogP contribution in [0.1, 0.15) is 16.7 Å². The molecular formula is C25H19F3N4O2S. The highest BCUT2D eigenvalue weighted by Crippen LogP contribution is 2.32. The number of hydrogen-bond acceptors (Lipinski definition) is 6. The van der Waals surface area contributed by atoms with Gasteiger partial charge in [0.15, 0.2) is 11.4 Å². The second-order valence-corrected chi connectivity index (χ2v) is 8.28. The van der Waals surface area contributed by atoms with E-state index in [-0.39, 0.29) is 5.56 Å². The van der Waals surface area contributed by atoms with Gasteiger partial charge < -0.3 is 9.72 Å². The molecule has 0 spiro atoms. The molecule has 2 heterocycles. The number of ether oxygens (including phenoxy) is 1. The molecule has 0 saturated carbocycles. The van der Waals surface area contributed by atoms with Crippen LogP contribution >= 0.6 is 11.8 Å². The maximum atomic E-state index is 13.0. The van der Waals surface area contributed by atoms with Crippen LogP contribution in [0, 0.1) is 0 Å². The number of aromatic amines is 1. The highest BCUT2D eigenvalue weighted by Gasteiger charge is 2.32. The molecule has 10 heteroatoms. The van der Waals surface area contributed by atoms with Crippen molar-refractivity contribution in [2.45, 2.75) is 11.2 Å². The quantitative estimate of drug-likeness (QED) is 0.136. The number of halogens is 3. The van der Waals surface area contributed by atoms with E-state index in [4.69, 9.17) is 4.74 Å². The fourth-order valence-electron chi connectivity index (χ4n) is 3.13. The maximum Gasteiger partial charge on any atom is 0.416 e. The number of imidazole rings is 1. The predicted octanol–water partition coefficient (Wildman–Crippen LogP) is 5.84. The summed E-state index contributed by atoms with van der Waals surface area (Å²) >= 11 is 1.53. The van der Waals surface area contributed by atoms with Crippen molar-refractivity contribution < 1.29 is 22.7 Å². The number of aromatic nitrogens is 4. The third-order valence-electron chi connectivity index (χ3n) is 4.79. The molecule has 6 nitrogen and oxygen atoms in total.